The minimum Gasteiger partial charge on any atom is -0.490 e. The fraction of sp³-hybridized carbons (Fsp3) is 0.333. The lowest BCUT2D eigenvalue weighted by Crippen LogP contribution is -2.17. The molecule has 0 aromatic heterocycles. The van der Waals surface area contributed by atoms with Crippen LogP contribution in [0.25, 0.3) is 0 Å². The number of hydrogen-bond acceptors (Lipinski definition) is 3. The van der Waals surface area contributed by atoms with E-state index < -0.39 is 5.97 Å². The zero-order valence-electron chi connectivity index (χ0n) is 14.5. The van der Waals surface area contributed by atoms with Crippen molar-refractivity contribution in [2.24, 2.45) is 5.92 Å². The summed E-state index contributed by atoms with van der Waals surface area (Å²) in [4.78, 5) is 24.1. The lowest BCUT2D eigenvalue weighted by molar-refractivity contribution is -0.141. The van der Waals surface area contributed by atoms with E-state index in [2.05, 4.69) is 0 Å². The average Bonchev–Trinajstić information content (AvgIpc) is 3.06. The molecule has 2 atom stereocenters. The fourth-order valence-electron chi connectivity index (χ4n) is 3.35. The zero-order valence-corrected chi connectivity index (χ0v) is 14.5. The lowest BCUT2D eigenvalue weighted by atomic mass is 9.95. The monoisotopic (exact) mass is 338 g/mol. The van der Waals surface area contributed by atoms with E-state index in [9.17, 15) is 9.59 Å². The van der Waals surface area contributed by atoms with E-state index in [1.54, 1.807) is 12.1 Å². The van der Waals surface area contributed by atoms with Gasteiger partial charge in [0, 0.05) is 5.56 Å². The topological polar surface area (TPSA) is 63.6 Å². The summed E-state index contributed by atoms with van der Waals surface area (Å²) >= 11 is 0. The van der Waals surface area contributed by atoms with Gasteiger partial charge in [-0.3, -0.25) is 9.59 Å². The minimum absolute atomic E-state index is 0.0652. The summed E-state index contributed by atoms with van der Waals surface area (Å²) in [6.45, 7) is 3.93. The summed E-state index contributed by atoms with van der Waals surface area (Å²) in [6.07, 6.45) is 1.64. The summed E-state index contributed by atoms with van der Waals surface area (Å²) in [5, 5.41) is 9.14. The molecule has 0 saturated heterocycles. The first-order valence-corrected chi connectivity index (χ1v) is 8.56. The van der Waals surface area contributed by atoms with Crippen LogP contribution in [0.2, 0.25) is 0 Å². The number of hydrogen-bond donors (Lipinski definition) is 1. The summed E-state index contributed by atoms with van der Waals surface area (Å²) in [5.41, 5.74) is 3.24. The smallest absolute Gasteiger partial charge is 0.306 e. The van der Waals surface area contributed by atoms with Crippen molar-refractivity contribution < 1.29 is 19.4 Å². The van der Waals surface area contributed by atoms with Gasteiger partial charge in [-0.15, -0.1) is 0 Å². The molecule has 1 fully saturated rings. The van der Waals surface area contributed by atoms with Crippen LogP contribution < -0.4 is 4.74 Å². The van der Waals surface area contributed by atoms with Gasteiger partial charge in [0.05, 0.1) is 17.6 Å². The van der Waals surface area contributed by atoms with Crippen molar-refractivity contribution in [3.8, 4) is 5.75 Å². The minimum atomic E-state index is -0.772. The van der Waals surface area contributed by atoms with Gasteiger partial charge in [0.2, 0.25) is 0 Å². The number of carbonyl (C=O) groups is 2. The van der Waals surface area contributed by atoms with Crippen molar-refractivity contribution in [3.05, 3.63) is 64.7 Å². The number of benzene rings is 2. The van der Waals surface area contributed by atoms with Crippen LogP contribution in [0.3, 0.4) is 0 Å². The van der Waals surface area contributed by atoms with Crippen LogP contribution in [0.4, 0.5) is 0 Å². The SMILES string of the molecule is Cc1cccc(C(=O)c2ccccc2O[C@H]2CC[C@H](C(=O)O)C2)c1C. The predicted molar refractivity (Wildman–Crippen MR) is 95.2 cm³/mol. The Balaban J connectivity index is 1.85. The molecule has 0 bridgehead atoms. The van der Waals surface area contributed by atoms with Crippen LogP contribution in [-0.4, -0.2) is 23.0 Å². The van der Waals surface area contributed by atoms with Crippen LogP contribution in [0.15, 0.2) is 42.5 Å². The Kier molecular flexibility index (Phi) is 4.88. The standard InChI is InChI=1S/C21H22O4/c1-13-6-5-8-17(14(13)2)20(22)18-7-3-4-9-19(18)25-16-11-10-15(12-16)21(23)24/h3-9,15-16H,10-12H2,1-2H3,(H,23,24)/t15-,16-/m0/s1. The molecule has 1 aliphatic carbocycles. The molecule has 0 radical (unpaired) electrons. The highest BCUT2D eigenvalue weighted by Crippen LogP contribution is 2.32. The number of aryl methyl sites for hydroxylation is 1. The first-order chi connectivity index (χ1) is 12.0. The van der Waals surface area contributed by atoms with Gasteiger partial charge in [-0.05, 0) is 56.4 Å². The van der Waals surface area contributed by atoms with Crippen molar-refractivity contribution in [1.82, 2.24) is 0 Å². The zero-order chi connectivity index (χ0) is 18.0. The van der Waals surface area contributed by atoms with Crippen molar-refractivity contribution in [1.29, 1.82) is 0 Å². The summed E-state index contributed by atoms with van der Waals surface area (Å²) in [5.74, 6) is -0.660. The Morgan fingerprint density at radius 1 is 1.00 bits per heavy atom. The summed E-state index contributed by atoms with van der Waals surface area (Å²) < 4.78 is 6.02. The Bertz CT molecular complexity index is 809. The van der Waals surface area contributed by atoms with E-state index in [0.29, 0.717) is 36.1 Å². The number of carboxylic acids is 1. The van der Waals surface area contributed by atoms with E-state index in [-0.39, 0.29) is 17.8 Å². The number of rotatable bonds is 5. The molecule has 130 valence electrons. The van der Waals surface area contributed by atoms with Crippen LogP contribution >= 0.6 is 0 Å². The highest BCUT2D eigenvalue weighted by Gasteiger charge is 2.31. The maximum atomic E-state index is 13.0. The number of ether oxygens (including phenoxy) is 1. The van der Waals surface area contributed by atoms with Crippen molar-refractivity contribution >= 4 is 11.8 Å². The number of carbonyl (C=O) groups excluding carboxylic acids is 1. The maximum absolute atomic E-state index is 13.0. The molecule has 0 aliphatic heterocycles. The molecule has 1 saturated carbocycles. The van der Waals surface area contributed by atoms with Crippen LogP contribution in [0, 0.1) is 19.8 Å². The number of ketones is 1. The lowest BCUT2D eigenvalue weighted by Gasteiger charge is -2.17. The van der Waals surface area contributed by atoms with Crippen LogP contribution in [-0.2, 0) is 4.79 Å². The van der Waals surface area contributed by atoms with Gasteiger partial charge in [0.15, 0.2) is 5.78 Å². The van der Waals surface area contributed by atoms with Gasteiger partial charge < -0.3 is 9.84 Å². The second kappa shape index (κ2) is 7.09. The van der Waals surface area contributed by atoms with Gasteiger partial charge in [0.1, 0.15) is 5.75 Å². The molecule has 4 nitrogen and oxygen atoms in total. The quantitative estimate of drug-likeness (QED) is 0.831. The Morgan fingerprint density at radius 2 is 1.72 bits per heavy atom. The van der Waals surface area contributed by atoms with Crippen molar-refractivity contribution in [3.63, 3.8) is 0 Å². The molecule has 25 heavy (non-hydrogen) atoms. The van der Waals surface area contributed by atoms with Crippen molar-refractivity contribution in [2.45, 2.75) is 39.2 Å². The Labute approximate surface area is 147 Å². The molecule has 2 aromatic carbocycles. The molecule has 3 rings (SSSR count). The molecule has 2 aromatic rings. The second-order valence-corrected chi connectivity index (χ2v) is 6.66. The normalized spacial score (nSPS) is 19.6. The van der Waals surface area contributed by atoms with Crippen LogP contribution in [0.1, 0.15) is 46.3 Å². The molecule has 1 aliphatic rings. The molecular weight excluding hydrogens is 316 g/mol. The highest BCUT2D eigenvalue weighted by molar-refractivity contribution is 6.11. The van der Waals surface area contributed by atoms with Gasteiger partial charge >= 0.3 is 5.97 Å². The molecule has 0 amide bonds. The molecular formula is C21H22O4. The number of aliphatic carboxylic acids is 1. The average molecular weight is 338 g/mol. The van der Waals surface area contributed by atoms with Gasteiger partial charge in [0.25, 0.3) is 0 Å². The molecule has 4 heteroatoms. The number of para-hydroxylation sites is 1. The van der Waals surface area contributed by atoms with E-state index in [1.807, 2.05) is 44.2 Å². The van der Waals surface area contributed by atoms with Crippen molar-refractivity contribution in [2.75, 3.05) is 0 Å². The van der Waals surface area contributed by atoms with Crippen LogP contribution in [0.5, 0.6) is 5.75 Å². The summed E-state index contributed by atoms with van der Waals surface area (Å²) in [6, 6.07) is 12.9. The highest BCUT2D eigenvalue weighted by atomic mass is 16.5. The molecule has 0 heterocycles. The Hall–Kier alpha value is -2.62. The third kappa shape index (κ3) is 3.58. The first-order valence-electron chi connectivity index (χ1n) is 8.56. The number of carboxylic acid groups (broad SMARTS) is 1. The van der Waals surface area contributed by atoms with Gasteiger partial charge in [-0.1, -0.05) is 30.3 Å². The first kappa shape index (κ1) is 17.2. The fourth-order valence-corrected chi connectivity index (χ4v) is 3.35. The van der Waals surface area contributed by atoms with Gasteiger partial charge in [-0.2, -0.15) is 0 Å². The third-order valence-corrected chi connectivity index (χ3v) is 5.01. The van der Waals surface area contributed by atoms with E-state index in [0.717, 1.165) is 11.1 Å². The largest absolute Gasteiger partial charge is 0.490 e. The predicted octanol–water partition coefficient (Wildman–Crippen LogP) is 4.17. The van der Waals surface area contributed by atoms with E-state index in [4.69, 9.17) is 9.84 Å². The summed E-state index contributed by atoms with van der Waals surface area (Å²) in [7, 11) is 0. The van der Waals surface area contributed by atoms with E-state index >= 15 is 0 Å². The van der Waals surface area contributed by atoms with Gasteiger partial charge in [-0.25, -0.2) is 0 Å². The molecule has 0 spiro atoms. The molecule has 1 N–H and O–H groups in total. The van der Waals surface area contributed by atoms with E-state index in [1.165, 1.54) is 0 Å². The third-order valence-electron chi connectivity index (χ3n) is 5.01. The second-order valence-electron chi connectivity index (χ2n) is 6.66. The molecule has 0 unspecified atom stereocenters. The Morgan fingerprint density at radius 3 is 2.44 bits per heavy atom. The maximum Gasteiger partial charge on any atom is 0.306 e.